The lowest BCUT2D eigenvalue weighted by Gasteiger charge is -2.29. The molecule has 0 saturated heterocycles. The number of aromatic amines is 2. The highest BCUT2D eigenvalue weighted by Crippen LogP contribution is 2.40. The number of thiazole rings is 1. The quantitative estimate of drug-likeness (QED) is 0.593. The van der Waals surface area contributed by atoms with E-state index in [-0.39, 0.29) is 5.56 Å². The van der Waals surface area contributed by atoms with E-state index in [1.54, 1.807) is 11.3 Å². The molecule has 4 nitrogen and oxygen atoms in total. The number of nitrogens with one attached hydrogen (secondary N) is 2. The van der Waals surface area contributed by atoms with Gasteiger partial charge >= 0.3 is 0 Å². The maximum Gasteiger partial charge on any atom is 0.255 e. The number of benzene rings is 1. The Kier molecular flexibility index (Phi) is 5.36. The Hall–Kier alpha value is -2.05. The molecule has 0 aliphatic heterocycles. The van der Waals surface area contributed by atoms with Gasteiger partial charge in [0, 0.05) is 28.8 Å². The monoisotopic (exact) mass is 397 g/mol. The number of hydrogen-bond acceptors (Lipinski definition) is 4. The van der Waals surface area contributed by atoms with Crippen LogP contribution < -0.4 is 5.56 Å². The topological polar surface area (TPSA) is 61.5 Å². The minimum atomic E-state index is -0.0771. The van der Waals surface area contributed by atoms with Gasteiger partial charge in [-0.3, -0.25) is 9.78 Å². The Morgan fingerprint density at radius 1 is 1.11 bits per heavy atom. The molecule has 2 N–H and O–H groups in total. The van der Waals surface area contributed by atoms with Gasteiger partial charge in [0.05, 0.1) is 5.01 Å². The molecule has 27 heavy (non-hydrogen) atoms. The number of H-pyrrole nitrogens is 2. The third-order valence-electron chi connectivity index (χ3n) is 5.48. The lowest BCUT2D eigenvalue weighted by atomic mass is 9.76. The van der Waals surface area contributed by atoms with Crippen molar-refractivity contribution in [3.05, 3.63) is 78.4 Å². The number of aryl methyl sites for hydroxylation is 1. The fourth-order valence-electron chi connectivity index (χ4n) is 4.13. The number of rotatable bonds is 4. The van der Waals surface area contributed by atoms with Gasteiger partial charge in [0.2, 0.25) is 0 Å². The van der Waals surface area contributed by atoms with Crippen molar-refractivity contribution in [1.82, 2.24) is 15.0 Å². The van der Waals surface area contributed by atoms with E-state index in [0.29, 0.717) is 23.0 Å². The zero-order chi connectivity index (χ0) is 18.8. The van der Waals surface area contributed by atoms with Gasteiger partial charge in [-0.2, -0.15) is 0 Å². The van der Waals surface area contributed by atoms with Crippen LogP contribution in [0.1, 0.15) is 65.0 Å². The fraction of sp³-hybridized carbons (Fsp3) is 0.381. The first-order valence-electron chi connectivity index (χ1n) is 9.41. The molecule has 1 fully saturated rings. The maximum atomic E-state index is 12.6. The molecule has 0 radical (unpaired) electrons. The van der Waals surface area contributed by atoms with E-state index in [2.05, 4.69) is 45.3 Å². The van der Waals surface area contributed by atoms with Crippen LogP contribution in [0.3, 0.4) is 0 Å². The van der Waals surface area contributed by atoms with E-state index in [4.69, 9.17) is 12.2 Å². The second-order valence-electron chi connectivity index (χ2n) is 7.32. The van der Waals surface area contributed by atoms with Crippen molar-refractivity contribution in [2.45, 2.75) is 50.9 Å². The smallest absolute Gasteiger partial charge is 0.255 e. The van der Waals surface area contributed by atoms with E-state index >= 15 is 0 Å². The SMILES string of the molecule is Cc1csc(Cc2c(=O)[nH]c(=S)[nH]c2[C@H]2CC[C@H](c3ccccc3)CC2)n1. The molecule has 0 atom stereocenters. The molecule has 1 aliphatic rings. The summed E-state index contributed by atoms with van der Waals surface area (Å²) in [7, 11) is 0. The van der Waals surface area contributed by atoms with Crippen molar-refractivity contribution in [1.29, 1.82) is 0 Å². The Balaban J connectivity index is 1.58. The first-order valence-corrected chi connectivity index (χ1v) is 10.7. The van der Waals surface area contributed by atoms with E-state index in [0.717, 1.165) is 47.6 Å². The Morgan fingerprint density at radius 2 is 1.81 bits per heavy atom. The number of nitrogens with zero attached hydrogens (tertiary/aromatic N) is 1. The van der Waals surface area contributed by atoms with Gasteiger partial charge in [-0.05, 0) is 62.2 Å². The normalized spacial score (nSPS) is 19.9. The van der Waals surface area contributed by atoms with Crippen LogP contribution in [0.4, 0.5) is 0 Å². The molecular weight excluding hydrogens is 374 g/mol. The second-order valence-corrected chi connectivity index (χ2v) is 8.67. The molecule has 6 heteroatoms. The predicted octanol–water partition coefficient (Wildman–Crippen LogP) is 5.23. The minimum Gasteiger partial charge on any atom is -0.335 e. The Morgan fingerprint density at radius 3 is 2.48 bits per heavy atom. The summed E-state index contributed by atoms with van der Waals surface area (Å²) in [5.74, 6) is 0.961. The molecule has 1 aromatic carbocycles. The van der Waals surface area contributed by atoms with Crippen LogP contribution in [-0.2, 0) is 6.42 Å². The third kappa shape index (κ3) is 4.12. The minimum absolute atomic E-state index is 0.0771. The summed E-state index contributed by atoms with van der Waals surface area (Å²) in [6.07, 6.45) is 4.97. The maximum absolute atomic E-state index is 12.6. The Bertz CT molecular complexity index is 1030. The van der Waals surface area contributed by atoms with Crippen LogP contribution >= 0.6 is 23.6 Å². The van der Waals surface area contributed by atoms with E-state index in [1.165, 1.54) is 5.56 Å². The van der Waals surface area contributed by atoms with Gasteiger partial charge in [-0.1, -0.05) is 30.3 Å². The highest BCUT2D eigenvalue weighted by Gasteiger charge is 2.26. The summed E-state index contributed by atoms with van der Waals surface area (Å²) in [6, 6.07) is 10.7. The van der Waals surface area contributed by atoms with E-state index in [9.17, 15) is 4.79 Å². The fourth-order valence-corrected chi connectivity index (χ4v) is 5.12. The molecule has 0 spiro atoms. The molecule has 3 aromatic rings. The highest BCUT2D eigenvalue weighted by atomic mass is 32.1. The van der Waals surface area contributed by atoms with Gasteiger partial charge in [-0.15, -0.1) is 11.3 Å². The largest absolute Gasteiger partial charge is 0.335 e. The van der Waals surface area contributed by atoms with Crippen molar-refractivity contribution >= 4 is 23.6 Å². The van der Waals surface area contributed by atoms with Crippen LogP contribution in [0.15, 0.2) is 40.5 Å². The van der Waals surface area contributed by atoms with E-state index in [1.807, 2.05) is 12.3 Å². The number of hydrogen-bond donors (Lipinski definition) is 2. The summed E-state index contributed by atoms with van der Waals surface area (Å²) in [5, 5.41) is 3.00. The van der Waals surface area contributed by atoms with E-state index < -0.39 is 0 Å². The molecule has 1 aliphatic carbocycles. The zero-order valence-electron chi connectivity index (χ0n) is 15.3. The molecule has 0 bridgehead atoms. The van der Waals surface area contributed by atoms with Crippen molar-refractivity contribution in [3.63, 3.8) is 0 Å². The first-order chi connectivity index (χ1) is 13.1. The van der Waals surface area contributed by atoms with Gasteiger partial charge in [-0.25, -0.2) is 4.98 Å². The van der Waals surface area contributed by atoms with Gasteiger partial charge in [0.25, 0.3) is 5.56 Å². The molecule has 0 amide bonds. The van der Waals surface area contributed by atoms with Crippen molar-refractivity contribution in [3.8, 4) is 0 Å². The predicted molar refractivity (Wildman–Crippen MR) is 112 cm³/mol. The molecule has 2 heterocycles. The third-order valence-corrected chi connectivity index (χ3v) is 6.65. The molecule has 2 aromatic heterocycles. The second kappa shape index (κ2) is 7.90. The summed E-state index contributed by atoms with van der Waals surface area (Å²) in [5.41, 5.74) is 4.16. The lowest BCUT2D eigenvalue weighted by molar-refractivity contribution is 0.389. The molecular formula is C21H23N3OS2. The summed E-state index contributed by atoms with van der Waals surface area (Å²) >= 11 is 6.87. The molecule has 4 rings (SSSR count). The summed E-state index contributed by atoms with van der Waals surface area (Å²) in [4.78, 5) is 23.2. The summed E-state index contributed by atoms with van der Waals surface area (Å²) < 4.78 is 0.416. The average Bonchev–Trinajstić information content (AvgIpc) is 3.09. The first kappa shape index (κ1) is 18.3. The van der Waals surface area contributed by atoms with Gasteiger partial charge in [0.1, 0.15) is 0 Å². The lowest BCUT2D eigenvalue weighted by Crippen LogP contribution is -2.22. The number of aromatic nitrogens is 3. The Labute approximate surface area is 167 Å². The van der Waals surface area contributed by atoms with Gasteiger partial charge in [0.15, 0.2) is 4.77 Å². The zero-order valence-corrected chi connectivity index (χ0v) is 17.0. The van der Waals surface area contributed by atoms with Crippen molar-refractivity contribution < 1.29 is 0 Å². The standard InChI is InChI=1S/C21H23N3OS2/c1-13-12-27-18(22-13)11-17-19(23-21(26)24-20(17)25)16-9-7-15(8-10-16)14-5-3-2-4-6-14/h2-6,12,15-16H,7-11H2,1H3,(H2,23,24,25,26)/t15-,16-. The van der Waals surface area contributed by atoms with Crippen LogP contribution in [0.25, 0.3) is 0 Å². The van der Waals surface area contributed by atoms with Crippen LogP contribution in [-0.4, -0.2) is 15.0 Å². The van der Waals surface area contributed by atoms with Crippen LogP contribution in [0.2, 0.25) is 0 Å². The average molecular weight is 398 g/mol. The van der Waals surface area contributed by atoms with Crippen LogP contribution in [0, 0.1) is 11.7 Å². The molecule has 0 unspecified atom stereocenters. The molecule has 1 saturated carbocycles. The molecule has 140 valence electrons. The highest BCUT2D eigenvalue weighted by molar-refractivity contribution is 7.71. The van der Waals surface area contributed by atoms with Crippen LogP contribution in [0.5, 0.6) is 0 Å². The van der Waals surface area contributed by atoms with Crippen molar-refractivity contribution in [2.24, 2.45) is 0 Å². The summed E-state index contributed by atoms with van der Waals surface area (Å²) in [6.45, 7) is 1.98. The van der Waals surface area contributed by atoms with Crippen molar-refractivity contribution in [2.75, 3.05) is 0 Å². The van der Waals surface area contributed by atoms with Gasteiger partial charge < -0.3 is 4.98 Å².